The van der Waals surface area contributed by atoms with Crippen LogP contribution in [-0.2, 0) is 0 Å². The Morgan fingerprint density at radius 2 is 1.89 bits per heavy atom. The van der Waals surface area contributed by atoms with Gasteiger partial charge in [-0.1, -0.05) is 19.1 Å². The molecule has 0 aromatic heterocycles. The number of benzene rings is 1. The minimum absolute atomic E-state index is 0.553. The van der Waals surface area contributed by atoms with E-state index in [1.165, 1.54) is 41.6 Å². The van der Waals surface area contributed by atoms with E-state index in [4.69, 9.17) is 0 Å². The van der Waals surface area contributed by atoms with Gasteiger partial charge in [0.15, 0.2) is 0 Å². The Morgan fingerprint density at radius 3 is 2.47 bits per heavy atom. The smallest absolute Gasteiger partial charge is 0.0319 e. The zero-order chi connectivity index (χ0) is 13.7. The molecule has 1 saturated heterocycles. The first-order valence-electron chi connectivity index (χ1n) is 7.41. The number of hydrogen-bond donors (Lipinski definition) is 1. The normalized spacial score (nSPS) is 19.5. The van der Waals surface area contributed by atoms with E-state index in [1.807, 2.05) is 0 Å². The quantitative estimate of drug-likeness (QED) is 0.794. The summed E-state index contributed by atoms with van der Waals surface area (Å²) in [5.74, 6) is 0.875. The topological polar surface area (TPSA) is 15.3 Å². The first-order chi connectivity index (χ1) is 9.20. The third-order valence-corrected chi connectivity index (χ3v) is 4.95. The van der Waals surface area contributed by atoms with Crippen molar-refractivity contribution < 1.29 is 0 Å². The van der Waals surface area contributed by atoms with E-state index in [0.717, 1.165) is 12.5 Å². The largest absolute Gasteiger partial charge is 0.317 e. The Kier molecular flexibility index (Phi) is 6.10. The minimum atomic E-state index is 0.553. The molecule has 0 radical (unpaired) electrons. The van der Waals surface area contributed by atoms with Gasteiger partial charge in [-0.15, -0.1) is 0 Å². The van der Waals surface area contributed by atoms with Crippen molar-refractivity contribution in [3.63, 3.8) is 0 Å². The molecule has 1 aromatic rings. The maximum Gasteiger partial charge on any atom is 0.0319 e. The molecule has 19 heavy (non-hydrogen) atoms. The molecular weight excluding hydrogens is 347 g/mol. The van der Waals surface area contributed by atoms with E-state index in [-0.39, 0.29) is 0 Å². The summed E-state index contributed by atoms with van der Waals surface area (Å²) in [5.41, 5.74) is 1.45. The summed E-state index contributed by atoms with van der Waals surface area (Å²) in [6.07, 6.45) is 2.67. The highest BCUT2D eigenvalue weighted by Crippen LogP contribution is 2.26. The number of halogens is 1. The second-order valence-corrected chi connectivity index (χ2v) is 6.76. The van der Waals surface area contributed by atoms with Gasteiger partial charge in [-0.25, -0.2) is 0 Å². The summed E-state index contributed by atoms with van der Waals surface area (Å²) in [6, 6.07) is 9.53. The SMILES string of the molecule is CCNCC1CCN(C(C)c2ccc(I)cc2)CC1. The van der Waals surface area contributed by atoms with Crippen LogP contribution < -0.4 is 5.32 Å². The molecule has 1 aliphatic heterocycles. The fraction of sp³-hybridized carbons (Fsp3) is 0.625. The van der Waals surface area contributed by atoms with Crippen LogP contribution in [-0.4, -0.2) is 31.1 Å². The summed E-state index contributed by atoms with van der Waals surface area (Å²) in [6.45, 7) is 9.30. The molecule has 1 fully saturated rings. The van der Waals surface area contributed by atoms with Crippen LogP contribution in [0.25, 0.3) is 0 Å². The number of hydrogen-bond acceptors (Lipinski definition) is 2. The van der Waals surface area contributed by atoms with E-state index in [1.54, 1.807) is 0 Å². The summed E-state index contributed by atoms with van der Waals surface area (Å²) >= 11 is 2.37. The van der Waals surface area contributed by atoms with Gasteiger partial charge in [0, 0.05) is 9.61 Å². The standard InChI is InChI=1S/C16H25IN2/c1-3-18-12-14-8-10-19(11-9-14)13(2)15-4-6-16(17)7-5-15/h4-7,13-14,18H,3,8-12H2,1-2H3. The number of likely N-dealkylation sites (tertiary alicyclic amines) is 1. The molecule has 106 valence electrons. The number of nitrogens with zero attached hydrogens (tertiary/aromatic N) is 1. The maximum atomic E-state index is 3.48. The number of piperidine rings is 1. The summed E-state index contributed by atoms with van der Waals surface area (Å²) in [7, 11) is 0. The van der Waals surface area contributed by atoms with E-state index < -0.39 is 0 Å². The zero-order valence-corrected chi connectivity index (χ0v) is 14.2. The maximum absolute atomic E-state index is 3.48. The molecule has 0 bridgehead atoms. The van der Waals surface area contributed by atoms with Crippen molar-refractivity contribution in [3.05, 3.63) is 33.4 Å². The highest BCUT2D eigenvalue weighted by molar-refractivity contribution is 14.1. The van der Waals surface area contributed by atoms with Crippen molar-refractivity contribution in [1.29, 1.82) is 0 Å². The van der Waals surface area contributed by atoms with Crippen LogP contribution in [0.2, 0.25) is 0 Å². The van der Waals surface area contributed by atoms with Gasteiger partial charge in [-0.2, -0.15) is 0 Å². The second-order valence-electron chi connectivity index (χ2n) is 5.51. The first kappa shape index (κ1) is 15.3. The van der Waals surface area contributed by atoms with Gasteiger partial charge in [-0.05, 0) is 92.1 Å². The van der Waals surface area contributed by atoms with Gasteiger partial charge in [0.05, 0.1) is 0 Å². The molecule has 1 unspecified atom stereocenters. The molecule has 1 atom stereocenters. The highest BCUT2D eigenvalue weighted by Gasteiger charge is 2.23. The van der Waals surface area contributed by atoms with Crippen LogP contribution in [0, 0.1) is 9.49 Å². The average molecular weight is 372 g/mol. The van der Waals surface area contributed by atoms with E-state index in [9.17, 15) is 0 Å². The van der Waals surface area contributed by atoms with Gasteiger partial charge in [0.25, 0.3) is 0 Å². The molecule has 2 nitrogen and oxygen atoms in total. The van der Waals surface area contributed by atoms with Crippen LogP contribution in [0.3, 0.4) is 0 Å². The van der Waals surface area contributed by atoms with Crippen molar-refractivity contribution >= 4 is 22.6 Å². The average Bonchev–Trinajstić information content (AvgIpc) is 2.46. The van der Waals surface area contributed by atoms with Crippen molar-refractivity contribution in [3.8, 4) is 0 Å². The van der Waals surface area contributed by atoms with Crippen LogP contribution in [0.4, 0.5) is 0 Å². The van der Waals surface area contributed by atoms with Gasteiger partial charge >= 0.3 is 0 Å². The Balaban J connectivity index is 1.85. The highest BCUT2D eigenvalue weighted by atomic mass is 127. The van der Waals surface area contributed by atoms with Crippen molar-refractivity contribution in [2.75, 3.05) is 26.2 Å². The van der Waals surface area contributed by atoms with E-state index in [0.29, 0.717) is 6.04 Å². The van der Waals surface area contributed by atoms with Crippen molar-refractivity contribution in [1.82, 2.24) is 10.2 Å². The molecule has 3 heteroatoms. The Bertz CT molecular complexity index is 369. The third kappa shape index (κ3) is 4.43. The second kappa shape index (κ2) is 7.60. The molecule has 1 aromatic carbocycles. The van der Waals surface area contributed by atoms with E-state index >= 15 is 0 Å². The molecular formula is C16H25IN2. The Labute approximate surface area is 131 Å². The van der Waals surface area contributed by atoms with Crippen LogP contribution in [0.5, 0.6) is 0 Å². The van der Waals surface area contributed by atoms with Crippen molar-refractivity contribution in [2.24, 2.45) is 5.92 Å². The van der Waals surface area contributed by atoms with E-state index in [2.05, 4.69) is 70.9 Å². The molecule has 0 saturated carbocycles. The number of rotatable bonds is 5. The fourth-order valence-corrected chi connectivity index (χ4v) is 3.20. The molecule has 1 heterocycles. The van der Waals surface area contributed by atoms with Crippen LogP contribution >= 0.6 is 22.6 Å². The predicted molar refractivity (Wildman–Crippen MR) is 90.4 cm³/mol. The van der Waals surface area contributed by atoms with Gasteiger partial charge in [0.1, 0.15) is 0 Å². The summed E-state index contributed by atoms with van der Waals surface area (Å²) < 4.78 is 1.32. The van der Waals surface area contributed by atoms with Crippen LogP contribution in [0.1, 0.15) is 38.3 Å². The lowest BCUT2D eigenvalue weighted by Gasteiger charge is -2.36. The van der Waals surface area contributed by atoms with Crippen molar-refractivity contribution in [2.45, 2.75) is 32.7 Å². The monoisotopic (exact) mass is 372 g/mol. The fourth-order valence-electron chi connectivity index (χ4n) is 2.84. The van der Waals surface area contributed by atoms with Gasteiger partial charge in [0.2, 0.25) is 0 Å². The Morgan fingerprint density at radius 1 is 1.26 bits per heavy atom. The molecule has 2 rings (SSSR count). The summed E-state index contributed by atoms with van der Waals surface area (Å²) in [5, 5.41) is 3.48. The summed E-state index contributed by atoms with van der Waals surface area (Å²) in [4.78, 5) is 2.63. The zero-order valence-electron chi connectivity index (χ0n) is 12.0. The molecule has 0 spiro atoms. The lowest BCUT2D eigenvalue weighted by atomic mass is 9.94. The van der Waals surface area contributed by atoms with Crippen LogP contribution in [0.15, 0.2) is 24.3 Å². The Hall–Kier alpha value is -0.130. The van der Waals surface area contributed by atoms with Gasteiger partial charge < -0.3 is 5.32 Å². The minimum Gasteiger partial charge on any atom is -0.317 e. The van der Waals surface area contributed by atoms with Gasteiger partial charge in [-0.3, -0.25) is 4.90 Å². The predicted octanol–water partition coefficient (Wildman–Crippen LogP) is 3.67. The lowest BCUT2D eigenvalue weighted by Crippen LogP contribution is -2.38. The molecule has 1 aliphatic rings. The number of nitrogens with one attached hydrogen (secondary N) is 1. The molecule has 1 N–H and O–H groups in total. The molecule has 0 amide bonds. The lowest BCUT2D eigenvalue weighted by molar-refractivity contribution is 0.140. The molecule has 0 aliphatic carbocycles. The first-order valence-corrected chi connectivity index (χ1v) is 8.48. The third-order valence-electron chi connectivity index (χ3n) is 4.23.